The van der Waals surface area contributed by atoms with Crippen molar-refractivity contribution in [2.24, 2.45) is 0 Å². The Labute approximate surface area is 145 Å². The lowest BCUT2D eigenvalue weighted by Crippen LogP contribution is -2.08. The van der Waals surface area contributed by atoms with Gasteiger partial charge in [-0.05, 0) is 60.1 Å². The van der Waals surface area contributed by atoms with E-state index in [0.717, 1.165) is 42.5 Å². The Morgan fingerprint density at radius 3 is 1.68 bits per heavy atom. The van der Waals surface area contributed by atoms with E-state index in [2.05, 4.69) is 0 Å². The fourth-order valence-electron chi connectivity index (χ4n) is 3.64. The second-order valence-corrected chi connectivity index (χ2v) is 8.62. The molecule has 25 heavy (non-hydrogen) atoms. The molecule has 0 saturated heterocycles. The van der Waals surface area contributed by atoms with Crippen molar-refractivity contribution in [3.05, 3.63) is 65.2 Å². The van der Waals surface area contributed by atoms with E-state index in [1.807, 2.05) is 12.1 Å². The normalized spacial score (nSPS) is 21.4. The lowest BCUT2D eigenvalue weighted by molar-refractivity contribution is -0.137. The second-order valence-electron chi connectivity index (χ2n) is 6.60. The van der Waals surface area contributed by atoms with Gasteiger partial charge in [0, 0.05) is 6.26 Å². The monoisotopic (exact) mass is 368 g/mol. The maximum atomic E-state index is 12.7. The van der Waals surface area contributed by atoms with E-state index in [0.29, 0.717) is 0 Å². The van der Waals surface area contributed by atoms with Gasteiger partial charge < -0.3 is 0 Å². The molecule has 0 aliphatic heterocycles. The summed E-state index contributed by atoms with van der Waals surface area (Å²) in [6.45, 7) is 0. The predicted octanol–water partition coefficient (Wildman–Crippen LogP) is 5.16. The fourth-order valence-corrected chi connectivity index (χ4v) is 4.27. The Kier molecular flexibility index (Phi) is 4.66. The summed E-state index contributed by atoms with van der Waals surface area (Å²) >= 11 is 0. The SMILES string of the molecule is CS(=O)(=O)c1ccc(C2CCCC2c2ccc(C(F)(F)F)cc2)cc1. The lowest BCUT2D eigenvalue weighted by Gasteiger charge is -2.21. The van der Waals surface area contributed by atoms with Crippen LogP contribution in [0.3, 0.4) is 0 Å². The van der Waals surface area contributed by atoms with Crippen LogP contribution in [0.15, 0.2) is 53.4 Å². The van der Waals surface area contributed by atoms with Crippen LogP contribution in [-0.2, 0) is 16.0 Å². The first-order valence-electron chi connectivity index (χ1n) is 8.13. The largest absolute Gasteiger partial charge is 0.416 e. The molecule has 2 nitrogen and oxygen atoms in total. The summed E-state index contributed by atoms with van der Waals surface area (Å²) in [5.74, 6) is 0.358. The molecule has 1 fully saturated rings. The summed E-state index contributed by atoms with van der Waals surface area (Å²) in [5.41, 5.74) is 1.31. The molecule has 6 heteroatoms. The minimum Gasteiger partial charge on any atom is -0.224 e. The van der Waals surface area contributed by atoms with Gasteiger partial charge in [0.1, 0.15) is 0 Å². The molecule has 2 atom stereocenters. The predicted molar refractivity (Wildman–Crippen MR) is 90.3 cm³/mol. The molecule has 1 aliphatic carbocycles. The van der Waals surface area contributed by atoms with Gasteiger partial charge in [-0.2, -0.15) is 13.2 Å². The highest BCUT2D eigenvalue weighted by atomic mass is 32.2. The molecule has 134 valence electrons. The molecule has 1 aliphatic rings. The van der Waals surface area contributed by atoms with E-state index in [9.17, 15) is 21.6 Å². The quantitative estimate of drug-likeness (QED) is 0.750. The molecule has 0 bridgehead atoms. The number of halogens is 3. The molecule has 0 heterocycles. The average molecular weight is 368 g/mol. The zero-order valence-corrected chi connectivity index (χ0v) is 14.6. The van der Waals surface area contributed by atoms with Gasteiger partial charge in [0.05, 0.1) is 10.5 Å². The Morgan fingerprint density at radius 2 is 1.28 bits per heavy atom. The first-order chi connectivity index (χ1) is 11.7. The minimum absolute atomic E-state index is 0.159. The van der Waals surface area contributed by atoms with Gasteiger partial charge in [-0.3, -0.25) is 0 Å². The third kappa shape index (κ3) is 3.89. The molecule has 0 amide bonds. The highest BCUT2D eigenvalue weighted by Crippen LogP contribution is 2.46. The highest BCUT2D eigenvalue weighted by molar-refractivity contribution is 7.90. The van der Waals surface area contributed by atoms with Crippen molar-refractivity contribution in [3.63, 3.8) is 0 Å². The van der Waals surface area contributed by atoms with Crippen molar-refractivity contribution in [1.82, 2.24) is 0 Å². The number of benzene rings is 2. The fraction of sp³-hybridized carbons (Fsp3) is 0.368. The summed E-state index contributed by atoms with van der Waals surface area (Å²) < 4.78 is 61.3. The van der Waals surface area contributed by atoms with Crippen LogP contribution in [0.2, 0.25) is 0 Å². The van der Waals surface area contributed by atoms with Crippen LogP contribution in [0.25, 0.3) is 0 Å². The van der Waals surface area contributed by atoms with Crippen molar-refractivity contribution in [2.75, 3.05) is 6.26 Å². The van der Waals surface area contributed by atoms with Gasteiger partial charge in [0.15, 0.2) is 9.84 Å². The maximum Gasteiger partial charge on any atom is 0.416 e. The highest BCUT2D eigenvalue weighted by Gasteiger charge is 2.33. The van der Waals surface area contributed by atoms with Crippen LogP contribution < -0.4 is 0 Å². The Balaban J connectivity index is 1.85. The summed E-state index contributed by atoms with van der Waals surface area (Å²) in [7, 11) is -3.23. The molecule has 0 N–H and O–H groups in total. The van der Waals surface area contributed by atoms with Crippen LogP contribution in [0, 0.1) is 0 Å². The Bertz CT molecular complexity index is 838. The van der Waals surface area contributed by atoms with E-state index < -0.39 is 21.6 Å². The maximum absolute atomic E-state index is 12.7. The zero-order chi connectivity index (χ0) is 18.2. The number of hydrogen-bond donors (Lipinski definition) is 0. The summed E-state index contributed by atoms with van der Waals surface area (Å²) in [6, 6.07) is 12.3. The van der Waals surface area contributed by atoms with Gasteiger partial charge in [0.25, 0.3) is 0 Å². The minimum atomic E-state index is -4.32. The molecular formula is C19H19F3O2S. The number of sulfone groups is 1. The van der Waals surface area contributed by atoms with Crippen molar-refractivity contribution >= 4 is 9.84 Å². The number of alkyl halides is 3. The summed E-state index contributed by atoms with van der Waals surface area (Å²) in [5, 5.41) is 0. The van der Waals surface area contributed by atoms with Gasteiger partial charge in [0.2, 0.25) is 0 Å². The molecule has 0 spiro atoms. The molecule has 2 aromatic carbocycles. The Morgan fingerprint density at radius 1 is 0.840 bits per heavy atom. The van der Waals surface area contributed by atoms with Crippen LogP contribution in [0.4, 0.5) is 13.2 Å². The van der Waals surface area contributed by atoms with Crippen molar-refractivity contribution in [3.8, 4) is 0 Å². The van der Waals surface area contributed by atoms with E-state index >= 15 is 0 Å². The second kappa shape index (κ2) is 6.48. The van der Waals surface area contributed by atoms with Crippen molar-refractivity contribution in [2.45, 2.75) is 42.2 Å². The number of hydrogen-bond acceptors (Lipinski definition) is 2. The van der Waals surface area contributed by atoms with Crippen LogP contribution in [-0.4, -0.2) is 14.7 Å². The molecule has 0 aromatic heterocycles. The van der Waals surface area contributed by atoms with Crippen molar-refractivity contribution in [1.29, 1.82) is 0 Å². The van der Waals surface area contributed by atoms with Crippen molar-refractivity contribution < 1.29 is 21.6 Å². The zero-order valence-electron chi connectivity index (χ0n) is 13.8. The van der Waals surface area contributed by atoms with E-state index in [1.165, 1.54) is 6.26 Å². The van der Waals surface area contributed by atoms with Gasteiger partial charge in [-0.1, -0.05) is 30.7 Å². The topological polar surface area (TPSA) is 34.1 Å². The van der Waals surface area contributed by atoms with Crippen LogP contribution in [0.1, 0.15) is 47.8 Å². The summed E-state index contributed by atoms with van der Waals surface area (Å²) in [4.78, 5) is 0.278. The van der Waals surface area contributed by atoms with Crippen LogP contribution in [0.5, 0.6) is 0 Å². The Hall–Kier alpha value is -1.82. The molecule has 0 radical (unpaired) electrons. The first-order valence-corrected chi connectivity index (χ1v) is 10.0. The smallest absolute Gasteiger partial charge is 0.224 e. The van der Waals surface area contributed by atoms with Gasteiger partial charge in [-0.25, -0.2) is 8.42 Å². The van der Waals surface area contributed by atoms with Gasteiger partial charge >= 0.3 is 6.18 Å². The van der Waals surface area contributed by atoms with E-state index in [-0.39, 0.29) is 16.7 Å². The van der Waals surface area contributed by atoms with E-state index in [1.54, 1.807) is 24.3 Å². The molecule has 1 saturated carbocycles. The molecule has 2 aromatic rings. The van der Waals surface area contributed by atoms with Gasteiger partial charge in [-0.15, -0.1) is 0 Å². The van der Waals surface area contributed by atoms with Crippen LogP contribution >= 0.6 is 0 Å². The third-order valence-corrected chi connectivity index (χ3v) is 6.05. The average Bonchev–Trinajstić information content (AvgIpc) is 3.03. The standard InChI is InChI=1S/C19H19F3O2S/c1-25(23,24)16-11-7-14(8-12-16)18-4-2-3-17(18)13-5-9-15(10-6-13)19(20,21)22/h5-12,17-18H,2-4H2,1H3. The molecule has 3 rings (SSSR count). The summed E-state index contributed by atoms with van der Waals surface area (Å²) in [6.07, 6.45) is -0.282. The van der Waals surface area contributed by atoms with E-state index in [4.69, 9.17) is 0 Å². The third-order valence-electron chi connectivity index (χ3n) is 4.92. The first kappa shape index (κ1) is 18.0. The molecule has 2 unspecified atom stereocenters. The number of rotatable bonds is 3. The molecular weight excluding hydrogens is 349 g/mol. The lowest BCUT2D eigenvalue weighted by atomic mass is 9.84.